The van der Waals surface area contributed by atoms with Gasteiger partial charge in [-0.3, -0.25) is 14.9 Å². The van der Waals surface area contributed by atoms with Crippen LogP contribution in [0.15, 0.2) is 35.7 Å². The number of nitrogens with one attached hydrogen (secondary N) is 2. The Balaban J connectivity index is 1.84. The lowest BCUT2D eigenvalue weighted by Crippen LogP contribution is -2.34. The van der Waals surface area contributed by atoms with E-state index in [-0.39, 0.29) is 0 Å². The monoisotopic (exact) mass is 275 g/mol. The Morgan fingerprint density at radius 1 is 1.21 bits per heavy atom. The average molecular weight is 275 g/mol. The fraction of sp³-hybridized carbons (Fsp3) is 0.154. The number of anilines is 1. The molecular formula is C13H13N3O2S. The van der Waals surface area contributed by atoms with Gasteiger partial charge in [0.05, 0.1) is 5.69 Å². The van der Waals surface area contributed by atoms with Crippen molar-refractivity contribution in [2.75, 3.05) is 5.32 Å². The lowest BCUT2D eigenvalue weighted by atomic mass is 10.2. The molecule has 5 nitrogen and oxygen atoms in total. The highest BCUT2D eigenvalue weighted by Gasteiger charge is 2.14. The van der Waals surface area contributed by atoms with Gasteiger partial charge in [-0.25, -0.2) is 4.98 Å². The molecule has 0 bridgehead atoms. The molecule has 0 radical (unpaired) electrons. The molecule has 0 spiro atoms. The molecule has 6 heteroatoms. The van der Waals surface area contributed by atoms with Gasteiger partial charge >= 0.3 is 11.8 Å². The van der Waals surface area contributed by atoms with E-state index in [1.807, 2.05) is 37.3 Å². The molecule has 98 valence electrons. The van der Waals surface area contributed by atoms with Crippen LogP contribution in [0.25, 0.3) is 0 Å². The van der Waals surface area contributed by atoms with Crippen molar-refractivity contribution in [2.45, 2.75) is 13.5 Å². The van der Waals surface area contributed by atoms with E-state index >= 15 is 0 Å². The minimum Gasteiger partial charge on any atom is -0.344 e. The van der Waals surface area contributed by atoms with E-state index in [2.05, 4.69) is 15.6 Å². The number of hydrogen-bond acceptors (Lipinski definition) is 4. The Kier molecular flexibility index (Phi) is 4.25. The second kappa shape index (κ2) is 6.10. The average Bonchev–Trinajstić information content (AvgIpc) is 2.82. The smallest absolute Gasteiger partial charge is 0.315 e. The first kappa shape index (κ1) is 13.2. The Bertz CT molecular complexity index is 581. The van der Waals surface area contributed by atoms with Crippen LogP contribution in [0.5, 0.6) is 0 Å². The minimum atomic E-state index is -0.703. The summed E-state index contributed by atoms with van der Waals surface area (Å²) >= 11 is 1.29. The van der Waals surface area contributed by atoms with Crippen molar-refractivity contribution >= 4 is 28.3 Å². The molecule has 19 heavy (non-hydrogen) atoms. The molecule has 0 atom stereocenters. The van der Waals surface area contributed by atoms with Gasteiger partial charge in [-0.05, 0) is 12.5 Å². The lowest BCUT2D eigenvalue weighted by Gasteiger charge is -2.04. The molecule has 2 rings (SSSR count). The summed E-state index contributed by atoms with van der Waals surface area (Å²) in [6.07, 6.45) is 0. The van der Waals surface area contributed by atoms with Gasteiger partial charge < -0.3 is 5.32 Å². The Morgan fingerprint density at radius 3 is 2.58 bits per heavy atom. The van der Waals surface area contributed by atoms with Crippen molar-refractivity contribution in [2.24, 2.45) is 0 Å². The predicted molar refractivity (Wildman–Crippen MR) is 73.8 cm³/mol. The maximum absolute atomic E-state index is 11.6. The zero-order valence-electron chi connectivity index (χ0n) is 10.3. The van der Waals surface area contributed by atoms with Crippen LogP contribution in [0.4, 0.5) is 5.13 Å². The number of carbonyl (C=O) groups is 2. The zero-order chi connectivity index (χ0) is 13.7. The molecule has 1 heterocycles. The molecule has 0 aliphatic rings. The van der Waals surface area contributed by atoms with E-state index < -0.39 is 11.8 Å². The summed E-state index contributed by atoms with van der Waals surface area (Å²) in [6, 6.07) is 9.40. The summed E-state index contributed by atoms with van der Waals surface area (Å²) < 4.78 is 0. The molecule has 0 unspecified atom stereocenters. The predicted octanol–water partition coefficient (Wildman–Crippen LogP) is 1.71. The highest BCUT2D eigenvalue weighted by atomic mass is 32.1. The molecule has 1 aromatic heterocycles. The van der Waals surface area contributed by atoms with Gasteiger partial charge in [-0.1, -0.05) is 30.3 Å². The SMILES string of the molecule is Cc1csc(NC(=O)C(=O)NCc2ccccc2)n1. The lowest BCUT2D eigenvalue weighted by molar-refractivity contribution is -0.136. The van der Waals surface area contributed by atoms with Crippen LogP contribution < -0.4 is 10.6 Å². The second-order valence-electron chi connectivity index (χ2n) is 3.92. The highest BCUT2D eigenvalue weighted by Crippen LogP contribution is 2.13. The van der Waals surface area contributed by atoms with Gasteiger partial charge in [0.1, 0.15) is 0 Å². The summed E-state index contributed by atoms with van der Waals surface area (Å²) in [5, 5.41) is 7.24. The Labute approximate surface area is 114 Å². The van der Waals surface area contributed by atoms with Gasteiger partial charge in [-0.2, -0.15) is 0 Å². The molecular weight excluding hydrogens is 262 g/mol. The van der Waals surface area contributed by atoms with Crippen molar-refractivity contribution in [1.29, 1.82) is 0 Å². The first-order valence-corrected chi connectivity index (χ1v) is 6.58. The Hall–Kier alpha value is -2.21. The van der Waals surface area contributed by atoms with Crippen LogP contribution in [-0.2, 0) is 16.1 Å². The summed E-state index contributed by atoms with van der Waals surface area (Å²) in [4.78, 5) is 27.2. The Morgan fingerprint density at radius 2 is 1.95 bits per heavy atom. The van der Waals surface area contributed by atoms with Crippen LogP contribution in [0.2, 0.25) is 0 Å². The van der Waals surface area contributed by atoms with Crippen LogP contribution in [0.1, 0.15) is 11.3 Å². The van der Waals surface area contributed by atoms with Crippen molar-refractivity contribution in [3.63, 3.8) is 0 Å². The maximum Gasteiger partial charge on any atom is 0.315 e. The normalized spacial score (nSPS) is 9.95. The number of aryl methyl sites for hydroxylation is 1. The number of benzene rings is 1. The first-order chi connectivity index (χ1) is 9.15. The number of aromatic nitrogens is 1. The van der Waals surface area contributed by atoms with Crippen molar-refractivity contribution in [3.8, 4) is 0 Å². The molecule has 0 aliphatic heterocycles. The largest absolute Gasteiger partial charge is 0.344 e. The number of nitrogens with zero attached hydrogens (tertiary/aromatic N) is 1. The van der Waals surface area contributed by atoms with Crippen LogP contribution in [-0.4, -0.2) is 16.8 Å². The molecule has 0 fully saturated rings. The molecule has 2 aromatic rings. The number of rotatable bonds is 3. The van der Waals surface area contributed by atoms with Gasteiger partial charge in [-0.15, -0.1) is 11.3 Å². The molecule has 0 saturated heterocycles. The van der Waals surface area contributed by atoms with Crippen LogP contribution in [0, 0.1) is 6.92 Å². The van der Waals surface area contributed by atoms with Crippen LogP contribution >= 0.6 is 11.3 Å². The quantitative estimate of drug-likeness (QED) is 0.838. The summed E-state index contributed by atoms with van der Waals surface area (Å²) in [5.74, 6) is -1.37. The maximum atomic E-state index is 11.6. The third-order valence-electron chi connectivity index (χ3n) is 2.34. The van der Waals surface area contributed by atoms with E-state index in [1.165, 1.54) is 11.3 Å². The van der Waals surface area contributed by atoms with Crippen molar-refractivity contribution in [1.82, 2.24) is 10.3 Å². The van der Waals surface area contributed by atoms with Crippen molar-refractivity contribution < 1.29 is 9.59 Å². The topological polar surface area (TPSA) is 71.1 Å². The van der Waals surface area contributed by atoms with Crippen molar-refractivity contribution in [3.05, 3.63) is 47.0 Å². The number of thiazole rings is 1. The number of carbonyl (C=O) groups excluding carboxylic acids is 2. The van der Waals surface area contributed by atoms with Gasteiger partial charge in [0.25, 0.3) is 0 Å². The minimum absolute atomic E-state index is 0.323. The van der Waals surface area contributed by atoms with E-state index in [1.54, 1.807) is 5.38 Å². The molecule has 0 saturated carbocycles. The van der Waals surface area contributed by atoms with Gasteiger partial charge in [0.2, 0.25) is 0 Å². The van der Waals surface area contributed by atoms with Gasteiger partial charge in [0, 0.05) is 11.9 Å². The summed E-state index contributed by atoms with van der Waals surface area (Å²) in [7, 11) is 0. The number of amides is 2. The van der Waals surface area contributed by atoms with Gasteiger partial charge in [0.15, 0.2) is 5.13 Å². The molecule has 0 aliphatic carbocycles. The highest BCUT2D eigenvalue weighted by molar-refractivity contribution is 7.14. The second-order valence-corrected chi connectivity index (χ2v) is 4.77. The molecule has 1 aromatic carbocycles. The molecule has 2 amide bonds. The third-order valence-corrected chi connectivity index (χ3v) is 3.22. The molecule has 2 N–H and O–H groups in total. The number of hydrogen-bond donors (Lipinski definition) is 2. The van der Waals surface area contributed by atoms with E-state index in [0.717, 1.165) is 11.3 Å². The fourth-order valence-corrected chi connectivity index (χ4v) is 2.11. The van der Waals surface area contributed by atoms with E-state index in [9.17, 15) is 9.59 Å². The third kappa shape index (κ3) is 3.89. The first-order valence-electron chi connectivity index (χ1n) is 5.70. The van der Waals surface area contributed by atoms with E-state index in [4.69, 9.17) is 0 Å². The zero-order valence-corrected chi connectivity index (χ0v) is 11.2. The summed E-state index contributed by atoms with van der Waals surface area (Å²) in [6.45, 7) is 2.14. The standard InChI is InChI=1S/C13H13N3O2S/c1-9-8-19-13(15-9)16-12(18)11(17)14-7-10-5-3-2-4-6-10/h2-6,8H,7H2,1H3,(H,14,17)(H,15,16,18). The fourth-order valence-electron chi connectivity index (χ4n) is 1.42. The van der Waals surface area contributed by atoms with Crippen LogP contribution in [0.3, 0.4) is 0 Å². The summed E-state index contributed by atoms with van der Waals surface area (Å²) in [5.41, 5.74) is 1.75. The van der Waals surface area contributed by atoms with E-state index in [0.29, 0.717) is 11.7 Å².